The molecule has 1 aliphatic heterocycles. The molecule has 1 aliphatic rings. The highest BCUT2D eigenvalue weighted by molar-refractivity contribution is 9.10. The van der Waals surface area contributed by atoms with Crippen LogP contribution in [0.3, 0.4) is 0 Å². The quantitative estimate of drug-likeness (QED) is 0.179. The Morgan fingerprint density at radius 3 is 2.56 bits per heavy atom. The van der Waals surface area contributed by atoms with Crippen LogP contribution in [-0.4, -0.2) is 66.4 Å². The zero-order valence-corrected chi connectivity index (χ0v) is 26.0. The third kappa shape index (κ3) is 5.72. The molecule has 3 atom stereocenters. The number of terminal acetylenes is 1. The predicted octanol–water partition coefficient (Wildman–Crippen LogP) is 4.36. The number of ether oxygens (including phenoxy) is 1. The normalized spacial score (nSPS) is 18.0. The Bertz CT molecular complexity index is 1790. The molecule has 220 valence electrons. The molecule has 11 nitrogen and oxygen atoms in total. The first-order valence-corrected chi connectivity index (χ1v) is 14.4. The molecule has 0 unspecified atom stereocenters. The SMILES string of the molecule is C#C[C@@H]1[C@@H](C)C[C@@H](C(=O)Nc2nc(Br)ccc2C)N1C(=O)Cn1nc(C(C)=O)c2cc(-c3cnc(C)nc3)c(OC)cc21. The lowest BCUT2D eigenvalue weighted by Gasteiger charge is -2.28. The van der Waals surface area contributed by atoms with Crippen LogP contribution in [0.2, 0.25) is 0 Å². The van der Waals surface area contributed by atoms with E-state index in [1.165, 1.54) is 23.6 Å². The minimum absolute atomic E-state index is 0.122. The minimum Gasteiger partial charge on any atom is -0.496 e. The molecule has 1 fully saturated rings. The molecule has 3 aromatic heterocycles. The number of likely N-dealkylation sites (tertiary alicyclic amines) is 1. The molecule has 0 spiro atoms. The van der Waals surface area contributed by atoms with E-state index in [0.29, 0.717) is 50.4 Å². The maximum Gasteiger partial charge on any atom is 0.248 e. The summed E-state index contributed by atoms with van der Waals surface area (Å²) in [4.78, 5) is 54.5. The molecule has 2 amide bonds. The second-order valence-electron chi connectivity index (χ2n) is 10.6. The zero-order chi connectivity index (χ0) is 31.0. The van der Waals surface area contributed by atoms with Crippen molar-refractivity contribution in [1.29, 1.82) is 0 Å². The molecular weight excluding hydrogens is 614 g/mol. The van der Waals surface area contributed by atoms with Crippen LogP contribution in [0.4, 0.5) is 5.82 Å². The number of amides is 2. The molecule has 12 heteroatoms. The number of nitrogens with zero attached hydrogens (tertiary/aromatic N) is 6. The lowest BCUT2D eigenvalue weighted by atomic mass is 10.0. The fraction of sp³-hybridized carbons (Fsp3) is 0.323. The van der Waals surface area contributed by atoms with Crippen molar-refractivity contribution in [2.45, 2.75) is 52.7 Å². The number of carbonyl (C=O) groups excluding carboxylic acids is 3. The number of carbonyl (C=O) groups is 3. The summed E-state index contributed by atoms with van der Waals surface area (Å²) in [6.45, 7) is 6.71. The average Bonchev–Trinajstić information content (AvgIpc) is 3.51. The fourth-order valence-corrected chi connectivity index (χ4v) is 5.73. The van der Waals surface area contributed by atoms with Crippen LogP contribution in [0.5, 0.6) is 5.75 Å². The first-order valence-electron chi connectivity index (χ1n) is 13.6. The Balaban J connectivity index is 1.51. The van der Waals surface area contributed by atoms with Gasteiger partial charge in [-0.05, 0) is 59.8 Å². The number of halogens is 1. The third-order valence-corrected chi connectivity index (χ3v) is 8.06. The molecule has 4 heterocycles. The van der Waals surface area contributed by atoms with Gasteiger partial charge in [-0.25, -0.2) is 15.0 Å². The molecule has 4 aromatic rings. The Morgan fingerprint density at radius 2 is 1.91 bits per heavy atom. The zero-order valence-electron chi connectivity index (χ0n) is 24.4. The minimum atomic E-state index is -0.819. The monoisotopic (exact) mass is 643 g/mol. The molecule has 0 aliphatic carbocycles. The molecule has 5 rings (SSSR count). The van der Waals surface area contributed by atoms with E-state index in [-0.39, 0.29) is 29.8 Å². The summed E-state index contributed by atoms with van der Waals surface area (Å²) in [5.74, 6) is 3.04. The van der Waals surface area contributed by atoms with E-state index in [1.807, 2.05) is 19.9 Å². The van der Waals surface area contributed by atoms with Gasteiger partial charge in [-0.15, -0.1) is 6.42 Å². The summed E-state index contributed by atoms with van der Waals surface area (Å²) >= 11 is 3.33. The number of nitrogens with one attached hydrogen (secondary N) is 1. The number of methoxy groups -OCH3 is 1. The van der Waals surface area contributed by atoms with E-state index < -0.39 is 18.0 Å². The van der Waals surface area contributed by atoms with Crippen molar-refractivity contribution in [2.75, 3.05) is 12.4 Å². The van der Waals surface area contributed by atoms with Gasteiger partial charge < -0.3 is 15.0 Å². The number of ketones is 1. The number of aryl methyl sites for hydroxylation is 2. The van der Waals surface area contributed by atoms with Gasteiger partial charge in [0, 0.05) is 41.9 Å². The number of anilines is 1. The standard InChI is InChI=1S/C31H30BrN7O4/c1-7-23-17(3)10-25(31(42)36-30-16(2)8-9-27(32)35-30)39(23)28(41)15-38-24-12-26(43-6)21(20-13-33-19(5)34-14-20)11-22(24)29(37-38)18(4)40/h1,8-9,11-14,17,23,25H,10,15H2,2-6H3,(H,35,36,42)/t17-,23+,25-/m0/s1. The van der Waals surface area contributed by atoms with Gasteiger partial charge in [0.2, 0.25) is 11.8 Å². The van der Waals surface area contributed by atoms with Crippen molar-refractivity contribution in [3.63, 3.8) is 0 Å². The number of benzene rings is 1. The second kappa shape index (κ2) is 11.9. The van der Waals surface area contributed by atoms with Crippen molar-refractivity contribution in [2.24, 2.45) is 5.92 Å². The van der Waals surface area contributed by atoms with Gasteiger partial charge in [0.15, 0.2) is 5.78 Å². The van der Waals surface area contributed by atoms with E-state index in [4.69, 9.17) is 11.2 Å². The van der Waals surface area contributed by atoms with Crippen LogP contribution >= 0.6 is 15.9 Å². The highest BCUT2D eigenvalue weighted by Gasteiger charge is 2.44. The van der Waals surface area contributed by atoms with Crippen molar-refractivity contribution in [3.8, 4) is 29.2 Å². The van der Waals surface area contributed by atoms with Crippen LogP contribution in [0.15, 0.2) is 41.3 Å². The van der Waals surface area contributed by atoms with Gasteiger partial charge in [-0.3, -0.25) is 19.1 Å². The Labute approximate surface area is 257 Å². The van der Waals surface area contributed by atoms with Crippen molar-refractivity contribution in [1.82, 2.24) is 29.6 Å². The van der Waals surface area contributed by atoms with Crippen LogP contribution in [0, 0.1) is 32.1 Å². The topological polar surface area (TPSA) is 132 Å². The second-order valence-corrected chi connectivity index (χ2v) is 11.4. The maximum absolute atomic E-state index is 13.9. The molecule has 0 saturated carbocycles. The highest BCUT2D eigenvalue weighted by atomic mass is 79.9. The molecule has 1 aromatic carbocycles. The lowest BCUT2D eigenvalue weighted by Crippen LogP contribution is -2.48. The molecule has 0 bridgehead atoms. The third-order valence-electron chi connectivity index (χ3n) is 7.62. The molecule has 1 saturated heterocycles. The summed E-state index contributed by atoms with van der Waals surface area (Å²) in [7, 11) is 1.53. The van der Waals surface area contributed by atoms with E-state index in [9.17, 15) is 14.4 Å². The largest absolute Gasteiger partial charge is 0.496 e. The van der Waals surface area contributed by atoms with Crippen LogP contribution < -0.4 is 10.1 Å². The smallest absolute Gasteiger partial charge is 0.248 e. The number of rotatable bonds is 7. The van der Waals surface area contributed by atoms with Gasteiger partial charge in [0.05, 0.1) is 18.7 Å². The summed E-state index contributed by atoms with van der Waals surface area (Å²) in [6.07, 6.45) is 9.61. The lowest BCUT2D eigenvalue weighted by molar-refractivity contribution is -0.138. The molecule has 43 heavy (non-hydrogen) atoms. The van der Waals surface area contributed by atoms with E-state index in [2.05, 4.69) is 47.2 Å². The number of pyridine rings is 1. The maximum atomic E-state index is 13.9. The number of hydrogen-bond donors (Lipinski definition) is 1. The number of hydrogen-bond acceptors (Lipinski definition) is 8. The first-order chi connectivity index (χ1) is 20.5. The van der Waals surface area contributed by atoms with Crippen LogP contribution in [0.1, 0.15) is 42.1 Å². The van der Waals surface area contributed by atoms with Gasteiger partial charge in [-0.2, -0.15) is 5.10 Å². The Morgan fingerprint density at radius 1 is 1.19 bits per heavy atom. The summed E-state index contributed by atoms with van der Waals surface area (Å²) in [6, 6.07) is 5.71. The average molecular weight is 645 g/mol. The highest BCUT2D eigenvalue weighted by Crippen LogP contribution is 2.36. The molecule has 0 radical (unpaired) electrons. The van der Waals surface area contributed by atoms with E-state index >= 15 is 0 Å². The Hall–Kier alpha value is -4.63. The number of fused-ring (bicyclic) bond motifs is 1. The first kappa shape index (κ1) is 29.8. The van der Waals surface area contributed by atoms with Gasteiger partial charge >= 0.3 is 0 Å². The van der Waals surface area contributed by atoms with E-state index in [0.717, 1.165) is 5.56 Å². The van der Waals surface area contributed by atoms with Gasteiger partial charge in [-0.1, -0.05) is 18.9 Å². The predicted molar refractivity (Wildman–Crippen MR) is 164 cm³/mol. The fourth-order valence-electron chi connectivity index (χ4n) is 5.42. The van der Waals surface area contributed by atoms with Gasteiger partial charge in [0.1, 0.15) is 40.3 Å². The summed E-state index contributed by atoms with van der Waals surface area (Å²) in [5.41, 5.74) is 2.88. The molecule has 1 N–H and O–H groups in total. The van der Waals surface area contributed by atoms with Crippen LogP contribution in [-0.2, 0) is 16.1 Å². The van der Waals surface area contributed by atoms with Gasteiger partial charge in [0.25, 0.3) is 0 Å². The van der Waals surface area contributed by atoms with Crippen molar-refractivity contribution < 1.29 is 19.1 Å². The summed E-state index contributed by atoms with van der Waals surface area (Å²) in [5, 5.41) is 7.92. The van der Waals surface area contributed by atoms with Crippen LogP contribution in [0.25, 0.3) is 22.0 Å². The number of aromatic nitrogens is 5. The van der Waals surface area contributed by atoms with E-state index in [1.54, 1.807) is 37.5 Å². The number of Topliss-reactive ketones (excluding diaryl/α,β-unsaturated/α-hetero) is 1. The Kier molecular flexibility index (Phi) is 8.28. The van der Waals surface area contributed by atoms with Crippen molar-refractivity contribution >= 4 is 50.2 Å². The summed E-state index contributed by atoms with van der Waals surface area (Å²) < 4.78 is 7.70. The van der Waals surface area contributed by atoms with Crippen molar-refractivity contribution in [3.05, 3.63) is 58.3 Å². The molecular formula is C31H30BrN7O4.